The quantitative estimate of drug-likeness (QED) is 0.886. The van der Waals surface area contributed by atoms with Gasteiger partial charge in [-0.05, 0) is 50.6 Å². The highest BCUT2D eigenvalue weighted by atomic mass is 32.2. The van der Waals surface area contributed by atoms with Crippen LogP contribution in [0.5, 0.6) is 5.75 Å². The molecule has 0 spiro atoms. The molecular weight excluding hydrogens is 306 g/mol. The van der Waals surface area contributed by atoms with Gasteiger partial charge in [-0.25, -0.2) is 13.1 Å². The summed E-state index contributed by atoms with van der Waals surface area (Å²) in [6.07, 6.45) is 0.122. The van der Waals surface area contributed by atoms with Gasteiger partial charge in [-0.1, -0.05) is 12.1 Å². The van der Waals surface area contributed by atoms with Gasteiger partial charge in [0, 0.05) is 11.4 Å². The summed E-state index contributed by atoms with van der Waals surface area (Å²) >= 11 is 1.27. The summed E-state index contributed by atoms with van der Waals surface area (Å²) in [7, 11) is -3.43. The molecule has 6 heteroatoms. The van der Waals surface area contributed by atoms with Crippen molar-refractivity contribution in [3.05, 3.63) is 46.8 Å². The van der Waals surface area contributed by atoms with E-state index >= 15 is 0 Å². The first kappa shape index (κ1) is 16.0. The minimum atomic E-state index is -3.43. The molecule has 21 heavy (non-hydrogen) atoms. The van der Waals surface area contributed by atoms with Crippen LogP contribution in [-0.2, 0) is 16.6 Å². The Morgan fingerprint density at radius 1 is 1.14 bits per heavy atom. The fraction of sp³-hybridized carbons (Fsp3) is 0.333. The summed E-state index contributed by atoms with van der Waals surface area (Å²) in [6.45, 7) is 6.08. The monoisotopic (exact) mass is 325 g/mol. The second kappa shape index (κ2) is 6.60. The molecule has 1 N–H and O–H groups in total. The molecule has 0 fully saturated rings. The van der Waals surface area contributed by atoms with E-state index in [1.807, 2.05) is 45.0 Å². The minimum absolute atomic E-state index is 0.122. The molecule has 0 bridgehead atoms. The lowest BCUT2D eigenvalue weighted by Crippen LogP contribution is -2.22. The topological polar surface area (TPSA) is 55.4 Å². The van der Waals surface area contributed by atoms with Crippen LogP contribution < -0.4 is 9.46 Å². The summed E-state index contributed by atoms with van der Waals surface area (Å²) in [6, 6.07) is 10.8. The molecule has 0 amide bonds. The number of thiophene rings is 1. The zero-order valence-corrected chi connectivity index (χ0v) is 13.9. The van der Waals surface area contributed by atoms with E-state index in [4.69, 9.17) is 4.74 Å². The summed E-state index contributed by atoms with van der Waals surface area (Å²) in [4.78, 5) is 0.977. The maximum atomic E-state index is 12.1. The highest BCUT2D eigenvalue weighted by molar-refractivity contribution is 7.91. The van der Waals surface area contributed by atoms with Gasteiger partial charge < -0.3 is 4.74 Å². The van der Waals surface area contributed by atoms with Crippen molar-refractivity contribution in [3.63, 3.8) is 0 Å². The van der Waals surface area contributed by atoms with E-state index in [0.29, 0.717) is 4.21 Å². The van der Waals surface area contributed by atoms with Gasteiger partial charge in [0.25, 0.3) is 0 Å². The van der Waals surface area contributed by atoms with Crippen molar-refractivity contribution in [1.82, 2.24) is 4.72 Å². The number of aryl methyl sites for hydroxylation is 1. The van der Waals surface area contributed by atoms with Gasteiger partial charge >= 0.3 is 0 Å². The lowest BCUT2D eigenvalue weighted by atomic mass is 10.2. The molecule has 0 aliphatic carbocycles. The number of hydrogen-bond acceptors (Lipinski definition) is 4. The number of hydrogen-bond donors (Lipinski definition) is 1. The van der Waals surface area contributed by atoms with Crippen LogP contribution in [0.3, 0.4) is 0 Å². The van der Waals surface area contributed by atoms with Crippen molar-refractivity contribution in [2.45, 2.75) is 37.6 Å². The molecule has 0 radical (unpaired) electrons. The second-order valence-corrected chi connectivity index (χ2v) is 8.28. The number of nitrogens with one attached hydrogen (secondary N) is 1. The summed E-state index contributed by atoms with van der Waals surface area (Å²) in [5.41, 5.74) is 0.892. The fourth-order valence-corrected chi connectivity index (χ4v) is 4.11. The molecule has 4 nitrogen and oxygen atoms in total. The predicted molar refractivity (Wildman–Crippen MR) is 85.3 cm³/mol. The molecule has 114 valence electrons. The summed E-state index contributed by atoms with van der Waals surface area (Å²) in [5.74, 6) is 0.783. The van der Waals surface area contributed by atoms with Crippen molar-refractivity contribution < 1.29 is 13.2 Å². The first-order chi connectivity index (χ1) is 9.87. The smallest absolute Gasteiger partial charge is 0.250 e. The molecular formula is C15H19NO3S2. The number of rotatable bonds is 6. The van der Waals surface area contributed by atoms with Crippen LogP contribution in [0.2, 0.25) is 0 Å². The molecule has 1 aromatic heterocycles. The molecule has 0 atom stereocenters. The molecule has 2 aromatic rings. The lowest BCUT2D eigenvalue weighted by molar-refractivity contribution is 0.242. The third-order valence-corrected chi connectivity index (χ3v) is 5.64. The third-order valence-electron chi connectivity index (χ3n) is 2.74. The molecule has 0 aliphatic rings. The van der Waals surface area contributed by atoms with E-state index in [-0.39, 0.29) is 12.6 Å². The van der Waals surface area contributed by atoms with Crippen molar-refractivity contribution >= 4 is 21.4 Å². The maximum absolute atomic E-state index is 12.1. The predicted octanol–water partition coefficient (Wildman–Crippen LogP) is 3.32. The molecule has 1 aromatic carbocycles. The van der Waals surface area contributed by atoms with Gasteiger partial charge in [0.05, 0.1) is 6.10 Å². The largest absolute Gasteiger partial charge is 0.491 e. The standard InChI is InChI=1S/C15H19NO3S2/c1-11(2)19-14-7-5-13(6-8-14)10-16-21(17,18)15-9-4-12(3)20-15/h4-9,11,16H,10H2,1-3H3. The number of sulfonamides is 1. The molecule has 0 aliphatic heterocycles. The van der Waals surface area contributed by atoms with Crippen LogP contribution in [-0.4, -0.2) is 14.5 Å². The Hall–Kier alpha value is -1.37. The van der Waals surface area contributed by atoms with E-state index in [2.05, 4.69) is 4.72 Å². The first-order valence-corrected chi connectivity index (χ1v) is 8.98. The van der Waals surface area contributed by atoms with Crippen molar-refractivity contribution in [2.24, 2.45) is 0 Å². The Labute approximate surface area is 129 Å². The van der Waals surface area contributed by atoms with E-state index in [1.165, 1.54) is 11.3 Å². The Morgan fingerprint density at radius 3 is 2.33 bits per heavy atom. The second-order valence-electron chi connectivity index (χ2n) is 5.00. The van der Waals surface area contributed by atoms with E-state index in [9.17, 15) is 8.42 Å². The molecule has 0 saturated heterocycles. The van der Waals surface area contributed by atoms with E-state index in [0.717, 1.165) is 16.2 Å². The van der Waals surface area contributed by atoms with Gasteiger partial charge in [-0.2, -0.15) is 0 Å². The average Bonchev–Trinajstić information content (AvgIpc) is 2.85. The van der Waals surface area contributed by atoms with Gasteiger partial charge in [0.1, 0.15) is 9.96 Å². The van der Waals surface area contributed by atoms with Crippen molar-refractivity contribution in [1.29, 1.82) is 0 Å². The molecule has 0 unspecified atom stereocenters. The van der Waals surface area contributed by atoms with Gasteiger partial charge in [0.2, 0.25) is 10.0 Å². The minimum Gasteiger partial charge on any atom is -0.491 e. The summed E-state index contributed by atoms with van der Waals surface area (Å²) in [5, 5.41) is 0. The lowest BCUT2D eigenvalue weighted by Gasteiger charge is -2.10. The Kier molecular flexibility index (Phi) is 5.03. The zero-order chi connectivity index (χ0) is 15.5. The Balaban J connectivity index is 1.99. The highest BCUT2D eigenvalue weighted by Gasteiger charge is 2.15. The van der Waals surface area contributed by atoms with Crippen molar-refractivity contribution in [3.8, 4) is 5.75 Å². The Bertz CT molecular complexity index is 688. The van der Waals surface area contributed by atoms with Gasteiger partial charge in [-0.15, -0.1) is 11.3 Å². The SMILES string of the molecule is Cc1ccc(S(=O)(=O)NCc2ccc(OC(C)C)cc2)s1. The van der Waals surface area contributed by atoms with Crippen LogP contribution in [0.4, 0.5) is 0 Å². The first-order valence-electron chi connectivity index (χ1n) is 6.68. The van der Waals surface area contributed by atoms with Crippen LogP contribution in [0.15, 0.2) is 40.6 Å². The molecule has 0 saturated carbocycles. The van der Waals surface area contributed by atoms with Crippen LogP contribution >= 0.6 is 11.3 Å². The molecule has 2 rings (SSSR count). The summed E-state index contributed by atoms with van der Waals surface area (Å²) < 4.78 is 32.7. The van der Waals surface area contributed by atoms with E-state index in [1.54, 1.807) is 12.1 Å². The third kappa shape index (κ3) is 4.56. The maximum Gasteiger partial charge on any atom is 0.250 e. The number of benzene rings is 1. The highest BCUT2D eigenvalue weighted by Crippen LogP contribution is 2.21. The van der Waals surface area contributed by atoms with E-state index < -0.39 is 10.0 Å². The zero-order valence-electron chi connectivity index (χ0n) is 12.3. The molecule has 1 heterocycles. The van der Waals surface area contributed by atoms with Crippen molar-refractivity contribution in [2.75, 3.05) is 0 Å². The van der Waals surface area contributed by atoms with Gasteiger partial charge in [0.15, 0.2) is 0 Å². The average molecular weight is 325 g/mol. The van der Waals surface area contributed by atoms with Crippen LogP contribution in [0.25, 0.3) is 0 Å². The normalized spacial score (nSPS) is 11.8. The number of ether oxygens (including phenoxy) is 1. The van der Waals surface area contributed by atoms with Crippen LogP contribution in [0.1, 0.15) is 24.3 Å². The van der Waals surface area contributed by atoms with Crippen LogP contribution in [0, 0.1) is 6.92 Å². The van der Waals surface area contributed by atoms with Gasteiger partial charge in [-0.3, -0.25) is 0 Å². The fourth-order valence-electron chi connectivity index (χ4n) is 1.76. The Morgan fingerprint density at radius 2 is 1.81 bits per heavy atom.